The smallest absolute Gasteiger partial charge is 0.241 e. The number of likely N-dealkylation sites (tertiary alicyclic amines) is 1. The van der Waals surface area contributed by atoms with Gasteiger partial charge >= 0.3 is 0 Å². The lowest BCUT2D eigenvalue weighted by Crippen LogP contribution is -2.43. The standard InChI is InChI=1S/C18H25N3O2/c1-14-6-7-16(11-15(14)2)21(10-4-8-19)18(23)12-20-9-3-5-17(20)13-22/h6-7,11,17,22H,3-5,9-10,12-13H2,1-2H3/t17-/m1/s1. The molecule has 0 aromatic heterocycles. The molecule has 23 heavy (non-hydrogen) atoms. The molecule has 0 radical (unpaired) electrons. The molecule has 1 amide bonds. The number of benzene rings is 1. The first-order valence-corrected chi connectivity index (χ1v) is 8.16. The molecule has 0 saturated carbocycles. The van der Waals surface area contributed by atoms with Gasteiger partial charge in [0.1, 0.15) is 0 Å². The van der Waals surface area contributed by atoms with Gasteiger partial charge in [0.25, 0.3) is 0 Å². The Labute approximate surface area is 138 Å². The topological polar surface area (TPSA) is 67.6 Å². The molecule has 1 heterocycles. The van der Waals surface area contributed by atoms with Crippen LogP contribution in [0.1, 0.15) is 30.4 Å². The van der Waals surface area contributed by atoms with Crippen LogP contribution >= 0.6 is 0 Å². The Morgan fingerprint density at radius 1 is 1.43 bits per heavy atom. The summed E-state index contributed by atoms with van der Waals surface area (Å²) in [5.74, 6) is -0.0103. The van der Waals surface area contributed by atoms with Crippen molar-refractivity contribution in [3.05, 3.63) is 29.3 Å². The van der Waals surface area contributed by atoms with Crippen molar-refractivity contribution >= 4 is 11.6 Å². The largest absolute Gasteiger partial charge is 0.395 e. The lowest BCUT2D eigenvalue weighted by atomic mass is 10.1. The van der Waals surface area contributed by atoms with Crippen molar-refractivity contribution in [3.8, 4) is 6.07 Å². The molecule has 5 heteroatoms. The molecule has 1 aliphatic heterocycles. The number of aliphatic hydroxyl groups is 1. The van der Waals surface area contributed by atoms with E-state index in [0.717, 1.165) is 30.6 Å². The Balaban J connectivity index is 2.15. The number of nitrogens with zero attached hydrogens (tertiary/aromatic N) is 3. The predicted octanol–water partition coefficient (Wildman–Crippen LogP) is 2.01. The van der Waals surface area contributed by atoms with Gasteiger partial charge in [0.2, 0.25) is 5.91 Å². The van der Waals surface area contributed by atoms with Crippen LogP contribution in [0.4, 0.5) is 5.69 Å². The Morgan fingerprint density at radius 3 is 2.87 bits per heavy atom. The Hall–Kier alpha value is -1.90. The number of hydrogen-bond donors (Lipinski definition) is 1. The summed E-state index contributed by atoms with van der Waals surface area (Å²) in [6, 6.07) is 8.13. The van der Waals surface area contributed by atoms with Crippen molar-refractivity contribution in [1.82, 2.24) is 4.90 Å². The van der Waals surface area contributed by atoms with Crippen LogP contribution in [-0.2, 0) is 4.79 Å². The quantitative estimate of drug-likeness (QED) is 0.872. The molecule has 0 spiro atoms. The molecule has 1 N–H and O–H groups in total. The molecule has 0 unspecified atom stereocenters. The number of carbonyl (C=O) groups is 1. The summed E-state index contributed by atoms with van der Waals surface area (Å²) in [6.07, 6.45) is 2.26. The fourth-order valence-corrected chi connectivity index (χ4v) is 3.02. The van der Waals surface area contributed by atoms with Crippen molar-refractivity contribution in [3.63, 3.8) is 0 Å². The van der Waals surface area contributed by atoms with Gasteiger partial charge in [0.05, 0.1) is 25.6 Å². The Kier molecular flexibility index (Phi) is 6.14. The van der Waals surface area contributed by atoms with Crippen LogP contribution in [0, 0.1) is 25.2 Å². The molecule has 0 bridgehead atoms. The summed E-state index contributed by atoms with van der Waals surface area (Å²) in [5, 5.41) is 18.3. The van der Waals surface area contributed by atoms with E-state index in [1.807, 2.05) is 36.9 Å². The molecule has 1 aromatic rings. The minimum atomic E-state index is -0.0103. The Morgan fingerprint density at radius 2 is 2.22 bits per heavy atom. The average Bonchev–Trinajstić information content (AvgIpc) is 2.98. The van der Waals surface area contributed by atoms with Gasteiger partial charge in [-0.2, -0.15) is 5.26 Å². The van der Waals surface area contributed by atoms with E-state index in [1.54, 1.807) is 4.90 Å². The fourth-order valence-electron chi connectivity index (χ4n) is 3.02. The highest BCUT2D eigenvalue weighted by atomic mass is 16.3. The highest BCUT2D eigenvalue weighted by Crippen LogP contribution is 2.21. The Bertz CT molecular complexity index is 594. The third-order valence-corrected chi connectivity index (χ3v) is 4.60. The first kappa shape index (κ1) is 17.5. The van der Waals surface area contributed by atoms with E-state index in [0.29, 0.717) is 19.5 Å². The first-order chi connectivity index (χ1) is 11.1. The molecular formula is C18H25N3O2. The number of hydrogen-bond acceptors (Lipinski definition) is 4. The van der Waals surface area contributed by atoms with E-state index in [9.17, 15) is 9.90 Å². The third-order valence-electron chi connectivity index (χ3n) is 4.60. The molecule has 1 atom stereocenters. The predicted molar refractivity (Wildman–Crippen MR) is 90.2 cm³/mol. The second-order valence-corrected chi connectivity index (χ2v) is 6.17. The second-order valence-electron chi connectivity index (χ2n) is 6.17. The summed E-state index contributed by atoms with van der Waals surface area (Å²) in [7, 11) is 0. The number of aliphatic hydroxyl groups excluding tert-OH is 1. The van der Waals surface area contributed by atoms with Gasteiger partial charge in [0, 0.05) is 18.3 Å². The highest BCUT2D eigenvalue weighted by Gasteiger charge is 2.27. The molecule has 1 aromatic carbocycles. The summed E-state index contributed by atoms with van der Waals surface area (Å²) >= 11 is 0. The zero-order valence-electron chi connectivity index (χ0n) is 14.0. The lowest BCUT2D eigenvalue weighted by Gasteiger charge is -2.28. The van der Waals surface area contributed by atoms with Crippen LogP contribution in [0.15, 0.2) is 18.2 Å². The summed E-state index contributed by atoms with van der Waals surface area (Å²) in [4.78, 5) is 16.5. The summed E-state index contributed by atoms with van der Waals surface area (Å²) in [5.41, 5.74) is 3.15. The molecule has 2 rings (SSSR count). The highest BCUT2D eigenvalue weighted by molar-refractivity contribution is 5.95. The van der Waals surface area contributed by atoms with Crippen LogP contribution in [0.25, 0.3) is 0 Å². The third kappa shape index (κ3) is 4.31. The molecule has 5 nitrogen and oxygen atoms in total. The number of nitriles is 1. The average molecular weight is 315 g/mol. The van der Waals surface area contributed by atoms with E-state index in [-0.39, 0.29) is 18.6 Å². The maximum atomic E-state index is 12.8. The maximum absolute atomic E-state index is 12.8. The zero-order valence-corrected chi connectivity index (χ0v) is 14.0. The number of carbonyl (C=O) groups excluding carboxylic acids is 1. The van der Waals surface area contributed by atoms with Gasteiger partial charge in [0.15, 0.2) is 0 Å². The van der Waals surface area contributed by atoms with Gasteiger partial charge in [-0.05, 0) is 56.5 Å². The molecule has 124 valence electrons. The van der Waals surface area contributed by atoms with E-state index < -0.39 is 0 Å². The van der Waals surface area contributed by atoms with E-state index in [1.165, 1.54) is 5.56 Å². The van der Waals surface area contributed by atoms with Crippen molar-refractivity contribution < 1.29 is 9.90 Å². The maximum Gasteiger partial charge on any atom is 0.241 e. The minimum absolute atomic E-state index is 0.0103. The minimum Gasteiger partial charge on any atom is -0.395 e. The number of anilines is 1. The SMILES string of the molecule is Cc1ccc(N(CCC#N)C(=O)CN2CCC[C@@H]2CO)cc1C. The van der Waals surface area contributed by atoms with E-state index >= 15 is 0 Å². The van der Waals surface area contributed by atoms with Crippen molar-refractivity contribution in [2.45, 2.75) is 39.2 Å². The van der Waals surface area contributed by atoms with Crippen LogP contribution in [0.3, 0.4) is 0 Å². The van der Waals surface area contributed by atoms with Gasteiger partial charge in [-0.1, -0.05) is 6.07 Å². The number of aryl methyl sites for hydroxylation is 2. The monoisotopic (exact) mass is 315 g/mol. The van der Waals surface area contributed by atoms with Crippen LogP contribution in [0.5, 0.6) is 0 Å². The van der Waals surface area contributed by atoms with Gasteiger partial charge in [-0.15, -0.1) is 0 Å². The molecule has 1 saturated heterocycles. The van der Waals surface area contributed by atoms with Gasteiger partial charge in [-0.25, -0.2) is 0 Å². The van der Waals surface area contributed by atoms with Crippen LogP contribution in [-0.4, -0.2) is 48.2 Å². The van der Waals surface area contributed by atoms with Crippen LogP contribution in [0.2, 0.25) is 0 Å². The van der Waals surface area contributed by atoms with Crippen molar-refractivity contribution in [1.29, 1.82) is 5.26 Å². The molecule has 1 aliphatic rings. The lowest BCUT2D eigenvalue weighted by molar-refractivity contribution is -0.120. The zero-order chi connectivity index (χ0) is 16.8. The summed E-state index contributed by atoms with van der Waals surface area (Å²) in [6.45, 7) is 5.69. The van der Waals surface area contributed by atoms with Crippen molar-refractivity contribution in [2.75, 3.05) is 31.1 Å². The number of rotatable bonds is 6. The van der Waals surface area contributed by atoms with Gasteiger partial charge < -0.3 is 10.0 Å². The second kappa shape index (κ2) is 8.09. The van der Waals surface area contributed by atoms with E-state index in [4.69, 9.17) is 5.26 Å². The van der Waals surface area contributed by atoms with Crippen LogP contribution < -0.4 is 4.90 Å². The fraction of sp³-hybridized carbons (Fsp3) is 0.556. The molecule has 0 aliphatic carbocycles. The van der Waals surface area contributed by atoms with Crippen molar-refractivity contribution in [2.24, 2.45) is 0 Å². The van der Waals surface area contributed by atoms with E-state index in [2.05, 4.69) is 6.07 Å². The molecule has 1 fully saturated rings. The first-order valence-electron chi connectivity index (χ1n) is 8.16. The number of amides is 1. The van der Waals surface area contributed by atoms with Gasteiger partial charge in [-0.3, -0.25) is 9.69 Å². The molecular weight excluding hydrogens is 290 g/mol. The normalized spacial score (nSPS) is 17.9. The summed E-state index contributed by atoms with van der Waals surface area (Å²) < 4.78 is 0.